The number of benzene rings is 2. The van der Waals surface area contributed by atoms with E-state index in [-0.39, 0.29) is 17.9 Å². The number of nitrogens with zero attached hydrogens (tertiary/aromatic N) is 1. The highest BCUT2D eigenvalue weighted by Crippen LogP contribution is 2.39. The highest BCUT2D eigenvalue weighted by molar-refractivity contribution is 5.87. The first-order valence-corrected chi connectivity index (χ1v) is 9.48. The van der Waals surface area contributed by atoms with Gasteiger partial charge in [-0.15, -0.1) is 0 Å². The lowest BCUT2D eigenvalue weighted by Gasteiger charge is -2.26. The first-order chi connectivity index (χ1) is 13.7. The number of carbonyl (C=O) groups excluding carboxylic acids is 1. The minimum atomic E-state index is -4.42. The molecule has 0 spiro atoms. The van der Waals surface area contributed by atoms with Crippen LogP contribution in [0.3, 0.4) is 0 Å². The number of halogens is 3. The highest BCUT2D eigenvalue weighted by atomic mass is 19.4. The van der Waals surface area contributed by atoms with Gasteiger partial charge in [-0.3, -0.25) is 4.79 Å². The van der Waals surface area contributed by atoms with Crippen LogP contribution in [0.15, 0.2) is 61.2 Å². The van der Waals surface area contributed by atoms with Crippen molar-refractivity contribution in [3.8, 4) is 5.75 Å². The smallest absolute Gasteiger partial charge is 0.416 e. The van der Waals surface area contributed by atoms with Crippen molar-refractivity contribution in [2.75, 3.05) is 13.1 Å². The molecule has 29 heavy (non-hydrogen) atoms. The number of hydrogen-bond acceptors (Lipinski definition) is 2. The Morgan fingerprint density at radius 1 is 1.24 bits per heavy atom. The van der Waals surface area contributed by atoms with Crippen LogP contribution >= 0.6 is 0 Å². The molecule has 1 aliphatic heterocycles. The fourth-order valence-corrected chi connectivity index (χ4v) is 3.72. The van der Waals surface area contributed by atoms with Gasteiger partial charge in [0, 0.05) is 13.1 Å². The molecule has 0 radical (unpaired) electrons. The second kappa shape index (κ2) is 8.31. The summed E-state index contributed by atoms with van der Waals surface area (Å²) < 4.78 is 45.7. The number of likely N-dealkylation sites (tertiary alicyclic amines) is 1. The number of amides is 1. The molecular formula is C23H24F3NO2. The Labute approximate surface area is 168 Å². The van der Waals surface area contributed by atoms with Gasteiger partial charge in [-0.2, -0.15) is 13.2 Å². The van der Waals surface area contributed by atoms with Crippen LogP contribution in [0.4, 0.5) is 13.2 Å². The average Bonchev–Trinajstić information content (AvgIpc) is 3.08. The van der Waals surface area contributed by atoms with Crippen LogP contribution in [0.25, 0.3) is 0 Å². The normalized spacial score (nSPS) is 19.2. The maximum absolute atomic E-state index is 13.3. The van der Waals surface area contributed by atoms with Gasteiger partial charge in [0.1, 0.15) is 12.4 Å². The maximum atomic E-state index is 13.3. The molecular weight excluding hydrogens is 379 g/mol. The SMILES string of the molecule is C=CC(=O)N1CCC(C)(Cc2cc(C(F)(F)F)ccc2OCc2ccccc2)C1. The Hall–Kier alpha value is -2.76. The molecule has 3 rings (SSSR count). The van der Waals surface area contributed by atoms with Gasteiger partial charge in [0.2, 0.25) is 5.91 Å². The second-order valence-electron chi connectivity index (χ2n) is 7.80. The average molecular weight is 403 g/mol. The zero-order valence-corrected chi connectivity index (χ0v) is 16.3. The molecule has 0 N–H and O–H groups in total. The van der Waals surface area contributed by atoms with E-state index >= 15 is 0 Å². The van der Waals surface area contributed by atoms with Gasteiger partial charge in [0.25, 0.3) is 0 Å². The van der Waals surface area contributed by atoms with Gasteiger partial charge in [-0.05, 0) is 53.7 Å². The van der Waals surface area contributed by atoms with E-state index in [2.05, 4.69) is 6.58 Å². The largest absolute Gasteiger partial charge is 0.489 e. The summed E-state index contributed by atoms with van der Waals surface area (Å²) in [4.78, 5) is 13.6. The molecule has 1 heterocycles. The van der Waals surface area contributed by atoms with Crippen molar-refractivity contribution >= 4 is 5.91 Å². The van der Waals surface area contributed by atoms with Crippen molar-refractivity contribution in [3.05, 3.63) is 77.9 Å². The van der Waals surface area contributed by atoms with E-state index in [1.54, 1.807) is 4.90 Å². The molecule has 6 heteroatoms. The lowest BCUT2D eigenvalue weighted by Crippen LogP contribution is -2.30. The summed E-state index contributed by atoms with van der Waals surface area (Å²) in [5, 5.41) is 0. The summed E-state index contributed by atoms with van der Waals surface area (Å²) in [6, 6.07) is 13.1. The second-order valence-corrected chi connectivity index (χ2v) is 7.80. The first kappa shape index (κ1) is 21.0. The molecule has 0 aromatic heterocycles. The van der Waals surface area contributed by atoms with Crippen LogP contribution in [0.5, 0.6) is 5.75 Å². The predicted octanol–water partition coefficient (Wildman–Crippen LogP) is 5.25. The molecule has 0 bridgehead atoms. The van der Waals surface area contributed by atoms with E-state index in [1.165, 1.54) is 18.2 Å². The third kappa shape index (κ3) is 5.19. The summed E-state index contributed by atoms with van der Waals surface area (Å²) in [5.41, 5.74) is 0.424. The summed E-state index contributed by atoms with van der Waals surface area (Å²) in [5.74, 6) is 0.287. The van der Waals surface area contributed by atoms with Crippen LogP contribution < -0.4 is 4.74 Å². The highest BCUT2D eigenvalue weighted by Gasteiger charge is 2.37. The lowest BCUT2D eigenvalue weighted by atomic mass is 9.82. The number of ether oxygens (including phenoxy) is 1. The zero-order chi connectivity index (χ0) is 21.1. The first-order valence-electron chi connectivity index (χ1n) is 9.48. The maximum Gasteiger partial charge on any atom is 0.416 e. The Morgan fingerprint density at radius 3 is 2.62 bits per heavy atom. The molecule has 1 atom stereocenters. The Kier molecular flexibility index (Phi) is 6.01. The van der Waals surface area contributed by atoms with Crippen molar-refractivity contribution in [1.29, 1.82) is 0 Å². The molecule has 154 valence electrons. The summed E-state index contributed by atoms with van der Waals surface area (Å²) in [7, 11) is 0. The van der Waals surface area contributed by atoms with Crippen LogP contribution in [-0.2, 0) is 24.0 Å². The van der Waals surface area contributed by atoms with E-state index in [1.807, 2.05) is 37.3 Å². The molecule has 2 aromatic carbocycles. The molecule has 3 nitrogen and oxygen atoms in total. The number of alkyl halides is 3. The molecule has 0 aliphatic carbocycles. The minimum absolute atomic E-state index is 0.154. The van der Waals surface area contributed by atoms with Gasteiger partial charge in [0.15, 0.2) is 0 Å². The van der Waals surface area contributed by atoms with Crippen LogP contribution in [0.2, 0.25) is 0 Å². The Morgan fingerprint density at radius 2 is 1.97 bits per heavy atom. The zero-order valence-electron chi connectivity index (χ0n) is 16.3. The van der Waals surface area contributed by atoms with Crippen LogP contribution in [-0.4, -0.2) is 23.9 Å². The van der Waals surface area contributed by atoms with E-state index < -0.39 is 11.7 Å². The summed E-state index contributed by atoms with van der Waals surface area (Å²) in [6.45, 7) is 6.82. The van der Waals surface area contributed by atoms with Crippen LogP contribution in [0, 0.1) is 5.41 Å². The Balaban J connectivity index is 1.84. The predicted molar refractivity (Wildman–Crippen MR) is 105 cm³/mol. The quantitative estimate of drug-likeness (QED) is 0.617. The van der Waals surface area contributed by atoms with Crippen molar-refractivity contribution in [2.24, 2.45) is 5.41 Å². The fraction of sp³-hybridized carbons (Fsp3) is 0.348. The number of rotatable bonds is 6. The molecule has 1 aliphatic rings. The van der Waals surface area contributed by atoms with E-state index in [0.717, 1.165) is 11.6 Å². The van der Waals surface area contributed by atoms with E-state index in [9.17, 15) is 18.0 Å². The van der Waals surface area contributed by atoms with E-state index in [4.69, 9.17) is 4.74 Å². The van der Waals surface area contributed by atoms with Crippen LogP contribution in [0.1, 0.15) is 30.0 Å². The molecule has 1 fully saturated rings. The van der Waals surface area contributed by atoms with Gasteiger partial charge >= 0.3 is 6.18 Å². The summed E-state index contributed by atoms with van der Waals surface area (Å²) >= 11 is 0. The van der Waals surface area contributed by atoms with Crippen molar-refractivity contribution < 1.29 is 22.7 Å². The minimum Gasteiger partial charge on any atom is -0.489 e. The fourth-order valence-electron chi connectivity index (χ4n) is 3.72. The van der Waals surface area contributed by atoms with Gasteiger partial charge in [-0.25, -0.2) is 0 Å². The van der Waals surface area contributed by atoms with Crippen molar-refractivity contribution in [1.82, 2.24) is 4.90 Å². The summed E-state index contributed by atoms with van der Waals surface area (Å²) in [6.07, 6.45) is -2.05. The molecule has 1 saturated heterocycles. The lowest BCUT2D eigenvalue weighted by molar-refractivity contribution is -0.137. The monoisotopic (exact) mass is 403 g/mol. The van der Waals surface area contributed by atoms with Crippen molar-refractivity contribution in [2.45, 2.75) is 32.5 Å². The standard InChI is InChI=1S/C23H24F3NO2/c1-3-21(28)27-12-11-22(2,16-27)14-18-13-19(23(24,25)26)9-10-20(18)29-15-17-7-5-4-6-8-17/h3-10,13H,1,11-12,14-16H2,2H3. The van der Waals surface area contributed by atoms with Gasteiger partial charge in [0.05, 0.1) is 5.56 Å². The topological polar surface area (TPSA) is 29.5 Å². The van der Waals surface area contributed by atoms with Gasteiger partial charge < -0.3 is 9.64 Å². The van der Waals surface area contributed by atoms with Crippen molar-refractivity contribution in [3.63, 3.8) is 0 Å². The number of carbonyl (C=O) groups is 1. The molecule has 0 saturated carbocycles. The van der Waals surface area contributed by atoms with E-state index in [0.29, 0.717) is 37.2 Å². The molecule has 2 aromatic rings. The third-order valence-electron chi connectivity index (χ3n) is 5.29. The Bertz CT molecular complexity index is 879. The molecule has 1 amide bonds. The number of hydrogen-bond donors (Lipinski definition) is 0. The third-order valence-corrected chi connectivity index (χ3v) is 5.29. The molecule has 1 unspecified atom stereocenters. The van der Waals surface area contributed by atoms with Gasteiger partial charge in [-0.1, -0.05) is 43.8 Å².